The lowest BCUT2D eigenvalue weighted by atomic mass is 9.79. The maximum absolute atomic E-state index is 13.2. The maximum Gasteiger partial charge on any atom is 0.261 e. The molecule has 1 fully saturated rings. The summed E-state index contributed by atoms with van der Waals surface area (Å²) >= 11 is 0. The second-order valence-electron chi connectivity index (χ2n) is 9.60. The molecule has 1 N–H and O–H groups in total. The van der Waals surface area contributed by atoms with Crippen molar-refractivity contribution < 1.29 is 13.2 Å². The van der Waals surface area contributed by atoms with Crippen molar-refractivity contribution in [1.29, 1.82) is 0 Å². The zero-order valence-electron chi connectivity index (χ0n) is 19.7. The molecule has 2 heterocycles. The predicted molar refractivity (Wildman–Crippen MR) is 129 cm³/mol. The summed E-state index contributed by atoms with van der Waals surface area (Å²) in [4.78, 5) is 15.3. The number of carbonyl (C=O) groups excluding carboxylic acids is 1. The number of anilines is 1. The standard InChI is InChI=1S/C25H30N4O3S/c1-17-6-11-22(12-18(17)2)33(31,32)27-21-9-7-19(8-10-21)24(30)29-15-23(25(3,4)16-29)20-13-26-28(5)14-20/h6-14,23,27H,15-16H2,1-5H3. The summed E-state index contributed by atoms with van der Waals surface area (Å²) in [5.74, 6) is 0.150. The third kappa shape index (κ3) is 4.66. The lowest BCUT2D eigenvalue weighted by molar-refractivity contribution is 0.0778. The number of aryl methyl sites for hydroxylation is 3. The minimum atomic E-state index is -3.71. The molecular formula is C25H30N4O3S. The molecule has 0 aliphatic carbocycles. The molecule has 1 atom stereocenters. The van der Waals surface area contributed by atoms with E-state index in [1.54, 1.807) is 47.1 Å². The van der Waals surface area contributed by atoms with Crippen molar-refractivity contribution in [1.82, 2.24) is 14.7 Å². The first-order valence-electron chi connectivity index (χ1n) is 10.9. The predicted octanol–water partition coefficient (Wildman–Crippen LogP) is 4.10. The highest BCUT2D eigenvalue weighted by molar-refractivity contribution is 7.92. The van der Waals surface area contributed by atoms with Crippen LogP contribution in [0.3, 0.4) is 0 Å². The van der Waals surface area contributed by atoms with E-state index < -0.39 is 10.0 Å². The van der Waals surface area contributed by atoms with E-state index in [1.807, 2.05) is 38.2 Å². The molecule has 33 heavy (non-hydrogen) atoms. The Kier molecular flexibility index (Phi) is 5.82. The number of carbonyl (C=O) groups is 1. The van der Waals surface area contributed by atoms with Crippen LogP contribution < -0.4 is 4.72 Å². The van der Waals surface area contributed by atoms with Crippen molar-refractivity contribution in [2.24, 2.45) is 12.5 Å². The highest BCUT2D eigenvalue weighted by atomic mass is 32.2. The molecule has 1 amide bonds. The quantitative estimate of drug-likeness (QED) is 0.613. The average Bonchev–Trinajstić information content (AvgIpc) is 3.31. The maximum atomic E-state index is 13.2. The van der Waals surface area contributed by atoms with E-state index in [9.17, 15) is 13.2 Å². The molecule has 1 saturated heterocycles. The van der Waals surface area contributed by atoms with Crippen molar-refractivity contribution in [2.45, 2.75) is 38.5 Å². The Bertz CT molecular complexity index is 1290. The van der Waals surface area contributed by atoms with Gasteiger partial charge in [-0.25, -0.2) is 8.42 Å². The fraction of sp³-hybridized carbons (Fsp3) is 0.360. The second-order valence-corrected chi connectivity index (χ2v) is 11.3. The van der Waals surface area contributed by atoms with Crippen LogP contribution in [0.4, 0.5) is 5.69 Å². The number of nitrogens with one attached hydrogen (secondary N) is 1. The average molecular weight is 467 g/mol. The molecule has 0 radical (unpaired) electrons. The van der Waals surface area contributed by atoms with Crippen molar-refractivity contribution in [3.8, 4) is 0 Å². The van der Waals surface area contributed by atoms with Gasteiger partial charge in [0.15, 0.2) is 0 Å². The Balaban J connectivity index is 1.48. The van der Waals surface area contributed by atoms with E-state index in [0.29, 0.717) is 24.3 Å². The first kappa shape index (κ1) is 23.0. The van der Waals surface area contributed by atoms with E-state index in [2.05, 4.69) is 23.7 Å². The van der Waals surface area contributed by atoms with Crippen LogP contribution in [0.1, 0.15) is 46.8 Å². The molecule has 2 aromatic carbocycles. The van der Waals surface area contributed by atoms with Crippen LogP contribution in [0.15, 0.2) is 59.8 Å². The summed E-state index contributed by atoms with van der Waals surface area (Å²) in [6.07, 6.45) is 3.88. The van der Waals surface area contributed by atoms with Crippen molar-refractivity contribution >= 4 is 21.6 Å². The highest BCUT2D eigenvalue weighted by Gasteiger charge is 2.42. The van der Waals surface area contributed by atoms with Crippen LogP contribution in [-0.2, 0) is 17.1 Å². The molecule has 0 saturated carbocycles. The van der Waals surface area contributed by atoms with Gasteiger partial charge in [-0.2, -0.15) is 5.10 Å². The van der Waals surface area contributed by atoms with Gasteiger partial charge in [-0.3, -0.25) is 14.2 Å². The van der Waals surface area contributed by atoms with Crippen LogP contribution in [-0.4, -0.2) is 42.1 Å². The van der Waals surface area contributed by atoms with Crippen LogP contribution in [0.5, 0.6) is 0 Å². The Morgan fingerprint density at radius 1 is 1.09 bits per heavy atom. The van der Waals surface area contributed by atoms with Crippen molar-refractivity contribution in [2.75, 3.05) is 17.8 Å². The topological polar surface area (TPSA) is 84.3 Å². The van der Waals surface area contributed by atoms with Gasteiger partial charge in [0.25, 0.3) is 15.9 Å². The van der Waals surface area contributed by atoms with Gasteiger partial charge in [-0.05, 0) is 72.4 Å². The van der Waals surface area contributed by atoms with Gasteiger partial charge in [0.1, 0.15) is 0 Å². The number of benzene rings is 2. The van der Waals surface area contributed by atoms with Crippen LogP contribution in [0.25, 0.3) is 0 Å². The number of nitrogens with zero attached hydrogens (tertiary/aromatic N) is 3. The van der Waals surface area contributed by atoms with Gasteiger partial charge in [0, 0.05) is 43.5 Å². The first-order chi connectivity index (χ1) is 15.5. The van der Waals surface area contributed by atoms with Gasteiger partial charge in [-0.15, -0.1) is 0 Å². The summed E-state index contributed by atoms with van der Waals surface area (Å²) in [5.41, 5.74) is 3.96. The molecule has 0 spiro atoms. The Hall–Kier alpha value is -3.13. The lowest BCUT2D eigenvalue weighted by Gasteiger charge is -2.24. The van der Waals surface area contributed by atoms with E-state index in [-0.39, 0.29) is 22.1 Å². The molecule has 7 nitrogen and oxygen atoms in total. The number of rotatable bonds is 5. The Morgan fingerprint density at radius 2 is 1.79 bits per heavy atom. The highest BCUT2D eigenvalue weighted by Crippen LogP contribution is 2.42. The third-order valence-electron chi connectivity index (χ3n) is 6.53. The first-order valence-corrected chi connectivity index (χ1v) is 12.4. The monoisotopic (exact) mass is 466 g/mol. The van der Waals surface area contributed by atoms with Crippen molar-refractivity contribution in [3.05, 3.63) is 77.1 Å². The zero-order chi connectivity index (χ0) is 24.0. The molecule has 1 aliphatic heterocycles. The molecule has 1 aliphatic rings. The minimum absolute atomic E-state index is 0.0574. The largest absolute Gasteiger partial charge is 0.337 e. The summed E-state index contributed by atoms with van der Waals surface area (Å²) in [5, 5.41) is 4.28. The number of sulfonamides is 1. The fourth-order valence-electron chi connectivity index (χ4n) is 4.42. The normalized spacial score (nSPS) is 17.8. The zero-order valence-corrected chi connectivity index (χ0v) is 20.5. The van der Waals surface area contributed by atoms with Gasteiger partial charge < -0.3 is 4.90 Å². The van der Waals surface area contributed by atoms with Crippen LogP contribution >= 0.6 is 0 Å². The van der Waals surface area contributed by atoms with Gasteiger partial charge in [0.2, 0.25) is 0 Å². The smallest absolute Gasteiger partial charge is 0.261 e. The molecular weight excluding hydrogens is 436 g/mol. The van der Waals surface area contributed by atoms with Gasteiger partial charge >= 0.3 is 0 Å². The Morgan fingerprint density at radius 3 is 2.39 bits per heavy atom. The summed E-state index contributed by atoms with van der Waals surface area (Å²) in [6.45, 7) is 9.43. The molecule has 174 valence electrons. The van der Waals surface area contributed by atoms with Gasteiger partial charge in [0.05, 0.1) is 11.1 Å². The van der Waals surface area contributed by atoms with Crippen LogP contribution in [0.2, 0.25) is 0 Å². The van der Waals surface area contributed by atoms with E-state index in [0.717, 1.165) is 16.7 Å². The molecule has 1 aromatic heterocycles. The lowest BCUT2D eigenvalue weighted by Crippen LogP contribution is -2.30. The number of hydrogen-bond acceptors (Lipinski definition) is 4. The summed E-state index contributed by atoms with van der Waals surface area (Å²) < 4.78 is 29.9. The molecule has 0 bridgehead atoms. The Labute approximate surface area is 195 Å². The van der Waals surface area contributed by atoms with E-state index >= 15 is 0 Å². The van der Waals surface area contributed by atoms with Crippen LogP contribution in [0, 0.1) is 19.3 Å². The molecule has 4 rings (SSSR count). The summed E-state index contributed by atoms with van der Waals surface area (Å²) in [6, 6.07) is 11.6. The number of amides is 1. The number of aromatic nitrogens is 2. The number of likely N-dealkylation sites (tertiary alicyclic amines) is 1. The fourth-order valence-corrected chi connectivity index (χ4v) is 5.57. The van der Waals surface area contributed by atoms with Crippen molar-refractivity contribution in [3.63, 3.8) is 0 Å². The third-order valence-corrected chi connectivity index (χ3v) is 7.91. The van der Waals surface area contributed by atoms with Gasteiger partial charge in [-0.1, -0.05) is 19.9 Å². The number of hydrogen-bond donors (Lipinski definition) is 1. The molecule has 8 heteroatoms. The summed E-state index contributed by atoms with van der Waals surface area (Å²) in [7, 11) is -1.81. The van der Waals surface area contributed by atoms with E-state index in [1.165, 1.54) is 0 Å². The van der Waals surface area contributed by atoms with E-state index in [4.69, 9.17) is 0 Å². The second kappa shape index (κ2) is 8.33. The SMILES string of the molecule is Cc1ccc(S(=O)(=O)Nc2ccc(C(=O)N3CC(c4cnn(C)c4)C(C)(C)C3)cc2)cc1C. The molecule has 1 unspecified atom stereocenters. The molecule has 3 aromatic rings. The minimum Gasteiger partial charge on any atom is -0.337 e.